The third-order valence-electron chi connectivity index (χ3n) is 13.4. The van der Waals surface area contributed by atoms with Crippen molar-refractivity contribution in [2.75, 3.05) is 46.2 Å². The number of hydrogen-bond donors (Lipinski definition) is 3. The third-order valence-corrected chi connectivity index (χ3v) is 13.4. The van der Waals surface area contributed by atoms with Gasteiger partial charge in [0.15, 0.2) is 0 Å². The van der Waals surface area contributed by atoms with Gasteiger partial charge in [-0.1, -0.05) is 103 Å². The second-order valence-electron chi connectivity index (χ2n) is 17.7. The van der Waals surface area contributed by atoms with Crippen LogP contribution >= 0.6 is 0 Å². The van der Waals surface area contributed by atoms with Gasteiger partial charge in [-0.3, -0.25) is 4.79 Å². The number of aliphatic hydroxyl groups excluding tert-OH is 3. The number of allylic oxidation sites excluding steroid dienone is 1. The molecule has 8 rings (SSSR count). The van der Waals surface area contributed by atoms with Crippen LogP contribution in [-0.2, 0) is 25.7 Å². The quantitative estimate of drug-likeness (QED) is 0.0357. The minimum atomic E-state index is -1.38. The van der Waals surface area contributed by atoms with Gasteiger partial charge in [0.1, 0.15) is 29.9 Å². The fourth-order valence-corrected chi connectivity index (χ4v) is 10.3. The molecule has 6 unspecified atom stereocenters. The summed E-state index contributed by atoms with van der Waals surface area (Å²) in [5.74, 6) is 0.0609. The van der Waals surface area contributed by atoms with Gasteiger partial charge in [0.25, 0.3) is 0 Å². The summed E-state index contributed by atoms with van der Waals surface area (Å²) in [6.45, 7) is 5.23. The molecule has 1 amide bonds. The molecule has 4 aromatic carbocycles. The molecular formula is C54H64N2O9. The molecule has 4 aromatic rings. The Morgan fingerprint density at radius 1 is 0.831 bits per heavy atom. The SMILES string of the molecule is C=CCOC12Oc3ccc(Oc4ccc(-c5ccccc5)cc4)cc3C3C(CCCCO)C(CCCCO)C=C(C(=NOCc4ccccc4)CC1N(CCOCCO)C(=O)C1CC1)C32. The smallest absolute Gasteiger partial charge is 0.239 e. The van der Waals surface area contributed by atoms with E-state index in [1.165, 1.54) is 0 Å². The van der Waals surface area contributed by atoms with Gasteiger partial charge in [0, 0.05) is 43.6 Å². The molecule has 65 heavy (non-hydrogen) atoms. The van der Waals surface area contributed by atoms with Crippen molar-refractivity contribution in [1.29, 1.82) is 0 Å². The molecule has 2 saturated carbocycles. The number of hydrogen-bond acceptors (Lipinski definition) is 10. The van der Waals surface area contributed by atoms with Crippen LogP contribution in [0.3, 0.4) is 0 Å². The molecule has 3 aliphatic carbocycles. The average molecular weight is 885 g/mol. The Morgan fingerprint density at radius 3 is 2.25 bits per heavy atom. The Bertz CT molecular complexity index is 2230. The van der Waals surface area contributed by atoms with Crippen LogP contribution in [0.25, 0.3) is 11.1 Å². The maximum atomic E-state index is 14.7. The van der Waals surface area contributed by atoms with Crippen molar-refractivity contribution >= 4 is 11.6 Å². The fourth-order valence-electron chi connectivity index (χ4n) is 10.3. The van der Waals surface area contributed by atoms with Crippen LogP contribution in [0.5, 0.6) is 17.2 Å². The second-order valence-corrected chi connectivity index (χ2v) is 17.7. The number of amides is 1. The molecule has 6 atom stereocenters. The molecule has 344 valence electrons. The minimum Gasteiger partial charge on any atom is -0.459 e. The zero-order valence-electron chi connectivity index (χ0n) is 37.3. The highest BCUT2D eigenvalue weighted by molar-refractivity contribution is 6.03. The van der Waals surface area contributed by atoms with E-state index in [2.05, 4.69) is 43.0 Å². The van der Waals surface area contributed by atoms with Gasteiger partial charge >= 0.3 is 0 Å². The number of ether oxygens (including phenoxy) is 4. The first-order valence-corrected chi connectivity index (χ1v) is 23.5. The lowest BCUT2D eigenvalue weighted by molar-refractivity contribution is -0.258. The predicted octanol–water partition coefficient (Wildman–Crippen LogP) is 9.23. The average Bonchev–Trinajstić information content (AvgIpc) is 4.20. The normalized spacial score (nSPS) is 23.7. The summed E-state index contributed by atoms with van der Waals surface area (Å²) in [5.41, 5.74) is 5.90. The summed E-state index contributed by atoms with van der Waals surface area (Å²) in [4.78, 5) is 22.8. The Morgan fingerprint density at radius 2 is 1.54 bits per heavy atom. The first-order valence-electron chi connectivity index (χ1n) is 23.5. The van der Waals surface area contributed by atoms with E-state index in [0.29, 0.717) is 36.5 Å². The summed E-state index contributed by atoms with van der Waals surface area (Å²) in [6, 6.07) is 33.7. The fraction of sp³-hybridized carbons (Fsp3) is 0.444. The van der Waals surface area contributed by atoms with E-state index in [-0.39, 0.29) is 82.4 Å². The Kier molecular flexibility index (Phi) is 15.8. The number of nitrogens with zero attached hydrogens (tertiary/aromatic N) is 2. The van der Waals surface area contributed by atoms with E-state index in [4.69, 9.17) is 28.9 Å². The molecule has 1 heterocycles. The Balaban J connectivity index is 1.27. The monoisotopic (exact) mass is 884 g/mol. The highest BCUT2D eigenvalue weighted by atomic mass is 16.7. The molecule has 0 aromatic heterocycles. The van der Waals surface area contributed by atoms with E-state index in [1.54, 1.807) is 6.08 Å². The van der Waals surface area contributed by atoms with Crippen molar-refractivity contribution in [2.45, 2.75) is 82.1 Å². The van der Waals surface area contributed by atoms with Gasteiger partial charge in [-0.05, 0) is 103 Å². The molecule has 0 bridgehead atoms. The van der Waals surface area contributed by atoms with Gasteiger partial charge < -0.3 is 44.0 Å². The van der Waals surface area contributed by atoms with Gasteiger partial charge in [-0.25, -0.2) is 0 Å². The van der Waals surface area contributed by atoms with Crippen molar-refractivity contribution in [3.8, 4) is 28.4 Å². The summed E-state index contributed by atoms with van der Waals surface area (Å²) in [7, 11) is 0. The zero-order valence-corrected chi connectivity index (χ0v) is 37.3. The first-order chi connectivity index (χ1) is 32.0. The molecule has 11 heteroatoms. The van der Waals surface area contributed by atoms with Crippen LogP contribution in [0.15, 0.2) is 133 Å². The van der Waals surface area contributed by atoms with Crippen molar-refractivity contribution in [3.63, 3.8) is 0 Å². The molecule has 0 spiro atoms. The van der Waals surface area contributed by atoms with Gasteiger partial charge in [-0.15, -0.1) is 6.58 Å². The molecule has 0 radical (unpaired) electrons. The van der Waals surface area contributed by atoms with Crippen LogP contribution in [0.4, 0.5) is 0 Å². The lowest BCUT2D eigenvalue weighted by atomic mass is 9.55. The van der Waals surface area contributed by atoms with Gasteiger partial charge in [-0.2, -0.15) is 0 Å². The predicted molar refractivity (Wildman–Crippen MR) is 250 cm³/mol. The second kappa shape index (κ2) is 22.3. The molecule has 11 nitrogen and oxygen atoms in total. The van der Waals surface area contributed by atoms with Crippen molar-refractivity contribution < 1.29 is 43.9 Å². The first kappa shape index (κ1) is 46.2. The van der Waals surface area contributed by atoms with Crippen molar-refractivity contribution in [3.05, 3.63) is 139 Å². The van der Waals surface area contributed by atoms with Gasteiger partial charge in [0.2, 0.25) is 11.7 Å². The van der Waals surface area contributed by atoms with E-state index < -0.39 is 17.7 Å². The number of carbonyl (C=O) groups excluding carboxylic acids is 1. The van der Waals surface area contributed by atoms with E-state index in [9.17, 15) is 20.1 Å². The Hall–Kier alpha value is -5.30. The lowest BCUT2D eigenvalue weighted by Gasteiger charge is -2.60. The number of benzene rings is 4. The van der Waals surface area contributed by atoms with Crippen molar-refractivity contribution in [1.82, 2.24) is 4.90 Å². The summed E-state index contributed by atoms with van der Waals surface area (Å²) in [6.07, 6.45) is 10.7. The van der Waals surface area contributed by atoms with Crippen LogP contribution in [0.1, 0.15) is 74.8 Å². The lowest BCUT2D eigenvalue weighted by Crippen LogP contribution is -2.70. The van der Waals surface area contributed by atoms with E-state index >= 15 is 0 Å². The largest absolute Gasteiger partial charge is 0.459 e. The minimum absolute atomic E-state index is 0.0197. The number of unbranched alkanes of at least 4 members (excludes halogenated alkanes) is 2. The molecule has 1 aliphatic heterocycles. The molecule has 0 saturated heterocycles. The number of aliphatic hydroxyl groups is 3. The van der Waals surface area contributed by atoms with Crippen LogP contribution in [0, 0.1) is 23.7 Å². The maximum Gasteiger partial charge on any atom is 0.239 e. The summed E-state index contributed by atoms with van der Waals surface area (Å²) >= 11 is 0. The molecule has 2 fully saturated rings. The molecule has 3 N–H and O–H groups in total. The number of rotatable bonds is 24. The summed E-state index contributed by atoms with van der Waals surface area (Å²) < 4.78 is 27.0. The van der Waals surface area contributed by atoms with E-state index in [1.807, 2.05) is 77.7 Å². The summed E-state index contributed by atoms with van der Waals surface area (Å²) in [5, 5.41) is 34.6. The highest BCUT2D eigenvalue weighted by Crippen LogP contribution is 2.62. The molecule has 4 aliphatic rings. The van der Waals surface area contributed by atoms with Crippen LogP contribution in [0.2, 0.25) is 0 Å². The topological polar surface area (TPSA) is 140 Å². The van der Waals surface area contributed by atoms with Crippen LogP contribution in [-0.4, -0.2) is 89.9 Å². The maximum absolute atomic E-state index is 14.7. The zero-order chi connectivity index (χ0) is 45.0. The van der Waals surface area contributed by atoms with Crippen LogP contribution < -0.4 is 9.47 Å². The van der Waals surface area contributed by atoms with E-state index in [0.717, 1.165) is 72.1 Å². The van der Waals surface area contributed by atoms with Gasteiger partial charge in [0.05, 0.1) is 38.1 Å². The Labute approximate surface area is 383 Å². The highest BCUT2D eigenvalue weighted by Gasteiger charge is 2.66. The molecular weight excluding hydrogens is 821 g/mol. The third kappa shape index (κ3) is 10.7. The number of fused-ring (bicyclic) bond motifs is 2. The number of oxime groups is 1. The number of carbonyl (C=O) groups is 1. The van der Waals surface area contributed by atoms with Crippen molar-refractivity contribution in [2.24, 2.45) is 28.8 Å². The standard InChI is InChI=1S/C54H64N2O9/c1-2-31-62-54-50(56(27-32-61-33-30-59)53(60)41-19-20-41)36-48(55-63-37-38-13-5-3-6-14-38)46-34-42(17-9-11-28-57)45(18-10-12-29-58)51(52(46)54)47-35-44(25-26-49(47)65-54)64-43-23-21-40(22-24-43)39-15-7-4-8-16-39/h2-8,13-16,21-26,34-35,41-42,45,50-52,57-59H,1,9-12,17-20,27-33,36-37H2.